The molecule has 1 unspecified atom stereocenters. The second kappa shape index (κ2) is 6.70. The number of nitro benzene ring substituents is 2. The van der Waals surface area contributed by atoms with Crippen LogP contribution < -0.4 is 0 Å². The van der Waals surface area contributed by atoms with Gasteiger partial charge in [-0.1, -0.05) is 0 Å². The molecule has 0 bridgehead atoms. The first kappa shape index (κ1) is 17.1. The molecular weight excluding hydrogens is 303 g/mol. The summed E-state index contributed by atoms with van der Waals surface area (Å²) < 4.78 is 18.2. The number of Topliss-reactive ketones (excluding diaryl/α,β-unsaturated/α-hetero) is 1. The van der Waals surface area contributed by atoms with Gasteiger partial charge in [0.2, 0.25) is 5.78 Å². The van der Waals surface area contributed by atoms with Gasteiger partial charge in [0, 0.05) is 17.7 Å². The first-order chi connectivity index (χ1) is 10.1. The average Bonchev–Trinajstić information content (AvgIpc) is 2.44. The highest BCUT2D eigenvalue weighted by Crippen LogP contribution is 2.24. The lowest BCUT2D eigenvalue weighted by molar-refractivity contribution is -0.394. The van der Waals surface area contributed by atoms with Crippen LogP contribution in [0.15, 0.2) is 18.2 Å². The molecule has 0 aromatic heterocycles. The van der Waals surface area contributed by atoms with Crippen LogP contribution in [0.3, 0.4) is 0 Å². The number of hydrogen-bond acceptors (Lipinski definition) is 7. The van der Waals surface area contributed by atoms with Gasteiger partial charge in [-0.25, -0.2) is 9.18 Å². The van der Waals surface area contributed by atoms with Crippen molar-refractivity contribution < 1.29 is 28.6 Å². The van der Waals surface area contributed by atoms with Gasteiger partial charge in [-0.15, -0.1) is 0 Å². The molecule has 22 heavy (non-hydrogen) atoms. The predicted octanol–water partition coefficient (Wildman–Crippen LogP) is 1.98. The number of alkyl halides is 1. The molecule has 0 spiro atoms. The number of esters is 1. The van der Waals surface area contributed by atoms with Gasteiger partial charge in [-0.05, 0) is 13.8 Å². The molecule has 0 N–H and O–H groups in total. The Labute approximate surface area is 123 Å². The fourth-order valence-corrected chi connectivity index (χ4v) is 1.49. The second-order valence-electron chi connectivity index (χ2n) is 4.46. The van der Waals surface area contributed by atoms with Crippen molar-refractivity contribution >= 4 is 23.1 Å². The number of non-ortho nitro benzene ring substituents is 2. The molecule has 1 rings (SSSR count). The number of nitrogens with zero attached hydrogens (tertiary/aromatic N) is 2. The van der Waals surface area contributed by atoms with Crippen LogP contribution in [0, 0.1) is 20.2 Å². The highest BCUT2D eigenvalue weighted by Gasteiger charge is 2.31. The lowest BCUT2D eigenvalue weighted by Gasteiger charge is -2.10. The van der Waals surface area contributed by atoms with Gasteiger partial charge in [0.25, 0.3) is 17.5 Å². The topological polar surface area (TPSA) is 130 Å². The van der Waals surface area contributed by atoms with E-state index in [0.29, 0.717) is 18.2 Å². The molecule has 0 saturated heterocycles. The molecule has 0 aliphatic carbocycles. The fourth-order valence-electron chi connectivity index (χ4n) is 1.49. The average molecular weight is 314 g/mol. The van der Waals surface area contributed by atoms with E-state index in [1.54, 1.807) is 0 Å². The molecule has 0 saturated carbocycles. The second-order valence-corrected chi connectivity index (χ2v) is 4.46. The van der Waals surface area contributed by atoms with E-state index in [4.69, 9.17) is 0 Å². The number of ketones is 1. The number of rotatable bonds is 6. The number of hydrogen-bond donors (Lipinski definition) is 0. The van der Waals surface area contributed by atoms with E-state index < -0.39 is 50.8 Å². The molecule has 0 amide bonds. The molecule has 1 aromatic rings. The zero-order valence-corrected chi connectivity index (χ0v) is 11.5. The van der Waals surface area contributed by atoms with Crippen LogP contribution in [0.5, 0.6) is 0 Å². The summed E-state index contributed by atoms with van der Waals surface area (Å²) in [6.45, 7) is 2.88. The molecule has 0 aliphatic rings. The zero-order chi connectivity index (χ0) is 17.0. The number of nitro groups is 2. The summed E-state index contributed by atoms with van der Waals surface area (Å²) in [4.78, 5) is 42.6. The third kappa shape index (κ3) is 4.04. The van der Waals surface area contributed by atoms with E-state index in [1.807, 2.05) is 0 Å². The van der Waals surface area contributed by atoms with Crippen molar-refractivity contribution in [1.29, 1.82) is 0 Å². The number of halogens is 1. The van der Waals surface area contributed by atoms with E-state index in [1.165, 1.54) is 13.8 Å². The van der Waals surface area contributed by atoms with Gasteiger partial charge >= 0.3 is 5.97 Å². The lowest BCUT2D eigenvalue weighted by atomic mass is 10.1. The van der Waals surface area contributed by atoms with E-state index in [-0.39, 0.29) is 0 Å². The summed E-state index contributed by atoms with van der Waals surface area (Å²) in [6.07, 6.45) is -3.39. The Hall–Kier alpha value is -2.91. The number of carbonyl (C=O) groups excluding carboxylic acids is 2. The fraction of sp³-hybridized carbons (Fsp3) is 0.333. The van der Waals surface area contributed by atoms with Crippen molar-refractivity contribution in [3.05, 3.63) is 44.0 Å². The van der Waals surface area contributed by atoms with Gasteiger partial charge in [-0.3, -0.25) is 25.0 Å². The highest BCUT2D eigenvalue weighted by molar-refractivity contribution is 6.11. The normalized spacial score (nSPS) is 11.8. The minimum absolute atomic E-state index is 0.621. The summed E-state index contributed by atoms with van der Waals surface area (Å²) in [7, 11) is 0. The van der Waals surface area contributed by atoms with Gasteiger partial charge in [0.15, 0.2) is 0 Å². The Morgan fingerprint density at radius 1 is 1.09 bits per heavy atom. The lowest BCUT2D eigenvalue weighted by Crippen LogP contribution is -2.29. The Bertz CT molecular complexity index is 612. The Kier molecular flexibility index (Phi) is 5.22. The molecule has 0 radical (unpaired) electrons. The first-order valence-corrected chi connectivity index (χ1v) is 5.96. The molecule has 9 nitrogen and oxygen atoms in total. The van der Waals surface area contributed by atoms with Crippen LogP contribution in [0.25, 0.3) is 0 Å². The third-order valence-electron chi connectivity index (χ3n) is 2.40. The van der Waals surface area contributed by atoms with E-state index >= 15 is 0 Å². The monoisotopic (exact) mass is 314 g/mol. The van der Waals surface area contributed by atoms with Crippen LogP contribution in [0.4, 0.5) is 15.8 Å². The molecule has 0 aliphatic heterocycles. The van der Waals surface area contributed by atoms with Gasteiger partial charge in [0.1, 0.15) is 0 Å². The van der Waals surface area contributed by atoms with Crippen LogP contribution in [-0.4, -0.2) is 33.9 Å². The summed E-state index contributed by atoms with van der Waals surface area (Å²) in [5, 5.41) is 21.4. The zero-order valence-electron chi connectivity index (χ0n) is 11.5. The van der Waals surface area contributed by atoms with Crippen molar-refractivity contribution in [3.63, 3.8) is 0 Å². The number of benzene rings is 1. The smallest absolute Gasteiger partial charge is 0.349 e. The van der Waals surface area contributed by atoms with E-state index in [9.17, 15) is 34.2 Å². The van der Waals surface area contributed by atoms with E-state index in [0.717, 1.165) is 0 Å². The van der Waals surface area contributed by atoms with Crippen molar-refractivity contribution in [2.45, 2.75) is 26.1 Å². The molecular formula is C12H11FN2O7. The largest absolute Gasteiger partial charge is 0.460 e. The van der Waals surface area contributed by atoms with Crippen LogP contribution in [0.2, 0.25) is 0 Å². The summed E-state index contributed by atoms with van der Waals surface area (Å²) in [5.74, 6) is -2.91. The predicted molar refractivity (Wildman–Crippen MR) is 70.2 cm³/mol. The molecule has 10 heteroatoms. The molecule has 0 heterocycles. The summed E-state index contributed by atoms with van der Waals surface area (Å²) in [6, 6.07) is 1.94. The standard InChI is InChI=1S/C12H11FN2O7/c1-6(2)22-12(17)10(13)11(16)7-3-8(14(18)19)5-9(4-7)15(20)21/h3-6,10H,1-2H3. The number of ether oxygens (including phenoxy) is 1. The van der Waals surface area contributed by atoms with Gasteiger partial charge in [-0.2, -0.15) is 0 Å². The summed E-state index contributed by atoms with van der Waals surface area (Å²) in [5.41, 5.74) is -2.18. The van der Waals surface area contributed by atoms with Crippen LogP contribution >= 0.6 is 0 Å². The Balaban J connectivity index is 3.19. The van der Waals surface area contributed by atoms with Gasteiger partial charge < -0.3 is 4.74 Å². The molecule has 1 atom stereocenters. The maximum absolute atomic E-state index is 13.7. The van der Waals surface area contributed by atoms with Gasteiger partial charge in [0.05, 0.1) is 22.0 Å². The SMILES string of the molecule is CC(C)OC(=O)C(F)C(=O)c1cc([N+](=O)[O-])cc([N+](=O)[O-])c1. The summed E-state index contributed by atoms with van der Waals surface area (Å²) >= 11 is 0. The first-order valence-electron chi connectivity index (χ1n) is 5.96. The van der Waals surface area contributed by atoms with Crippen LogP contribution in [0.1, 0.15) is 24.2 Å². The maximum Gasteiger partial charge on any atom is 0.349 e. The minimum Gasteiger partial charge on any atom is -0.460 e. The van der Waals surface area contributed by atoms with Crippen molar-refractivity contribution in [2.24, 2.45) is 0 Å². The number of carbonyl (C=O) groups is 2. The Morgan fingerprint density at radius 2 is 1.55 bits per heavy atom. The molecule has 0 fully saturated rings. The quantitative estimate of drug-likeness (QED) is 0.258. The van der Waals surface area contributed by atoms with Crippen molar-refractivity contribution in [1.82, 2.24) is 0 Å². The highest BCUT2D eigenvalue weighted by atomic mass is 19.1. The third-order valence-corrected chi connectivity index (χ3v) is 2.40. The van der Waals surface area contributed by atoms with E-state index in [2.05, 4.69) is 4.74 Å². The van der Waals surface area contributed by atoms with Crippen LogP contribution in [-0.2, 0) is 9.53 Å². The Morgan fingerprint density at radius 3 is 1.91 bits per heavy atom. The van der Waals surface area contributed by atoms with Crippen molar-refractivity contribution in [2.75, 3.05) is 0 Å². The van der Waals surface area contributed by atoms with Crippen molar-refractivity contribution in [3.8, 4) is 0 Å². The maximum atomic E-state index is 13.7. The molecule has 118 valence electrons. The minimum atomic E-state index is -2.72. The molecule has 1 aromatic carbocycles.